The number of aromatic hydroxyl groups is 1. The molecule has 152 valence electrons. The number of nitrogens with zero attached hydrogens (tertiary/aromatic N) is 1. The van der Waals surface area contributed by atoms with E-state index in [2.05, 4.69) is 4.98 Å². The van der Waals surface area contributed by atoms with Crippen molar-refractivity contribution in [2.45, 2.75) is 20.1 Å². The largest absolute Gasteiger partial charge is 0.507 e. The topological polar surface area (TPSA) is 75.7 Å². The lowest BCUT2D eigenvalue weighted by molar-refractivity contribution is -0.0194. The van der Waals surface area contributed by atoms with Crippen molar-refractivity contribution in [1.82, 2.24) is 4.98 Å². The average molecular weight is 405 g/mol. The van der Waals surface area contributed by atoms with Crippen LogP contribution in [0, 0.1) is 19.7 Å². The van der Waals surface area contributed by atoms with Gasteiger partial charge in [0.05, 0.1) is 0 Å². The molecule has 2 N–H and O–H groups in total. The first-order valence-corrected chi connectivity index (χ1v) is 9.38. The summed E-state index contributed by atoms with van der Waals surface area (Å²) >= 11 is 0. The maximum Gasteiger partial charge on any atom is 0.224 e. The van der Waals surface area contributed by atoms with Gasteiger partial charge < -0.3 is 19.4 Å². The SMILES string of the molecule is Cc1cc(/C=C/c2nc3ccc(C(O)Oc4ccc(F)cc4)cc3o2)cc(C)c1O. The number of phenolic OH excluding ortho intramolecular Hbond substituents is 1. The summed E-state index contributed by atoms with van der Waals surface area (Å²) in [6.45, 7) is 3.69. The molecule has 1 heterocycles. The number of oxazole rings is 1. The molecule has 0 fully saturated rings. The first kappa shape index (κ1) is 19.7. The van der Waals surface area contributed by atoms with Crippen LogP contribution in [-0.2, 0) is 0 Å². The van der Waals surface area contributed by atoms with Crippen molar-refractivity contribution < 1.29 is 23.8 Å². The van der Waals surface area contributed by atoms with Gasteiger partial charge >= 0.3 is 0 Å². The number of phenols is 1. The lowest BCUT2D eigenvalue weighted by atomic mass is 10.1. The fourth-order valence-electron chi connectivity index (χ4n) is 3.15. The Morgan fingerprint density at radius 3 is 2.40 bits per heavy atom. The van der Waals surface area contributed by atoms with Crippen molar-refractivity contribution in [2.24, 2.45) is 0 Å². The van der Waals surface area contributed by atoms with Gasteiger partial charge in [0.2, 0.25) is 12.2 Å². The van der Waals surface area contributed by atoms with E-state index in [4.69, 9.17) is 9.15 Å². The molecule has 0 spiro atoms. The van der Waals surface area contributed by atoms with Gasteiger partial charge in [0.25, 0.3) is 0 Å². The van der Waals surface area contributed by atoms with Crippen molar-refractivity contribution in [2.75, 3.05) is 0 Å². The van der Waals surface area contributed by atoms with Crippen LogP contribution in [0.2, 0.25) is 0 Å². The molecule has 0 amide bonds. The van der Waals surface area contributed by atoms with Crippen LogP contribution in [0.1, 0.15) is 34.4 Å². The molecule has 0 bridgehead atoms. The van der Waals surface area contributed by atoms with Crippen molar-refractivity contribution in [3.8, 4) is 11.5 Å². The van der Waals surface area contributed by atoms with Crippen LogP contribution in [0.25, 0.3) is 23.3 Å². The zero-order chi connectivity index (χ0) is 21.3. The van der Waals surface area contributed by atoms with E-state index in [0.717, 1.165) is 16.7 Å². The van der Waals surface area contributed by atoms with Crippen LogP contribution in [-0.4, -0.2) is 15.2 Å². The van der Waals surface area contributed by atoms with Crippen LogP contribution in [0.4, 0.5) is 4.39 Å². The van der Waals surface area contributed by atoms with E-state index in [0.29, 0.717) is 34.1 Å². The van der Waals surface area contributed by atoms with Crippen molar-refractivity contribution in [3.63, 3.8) is 0 Å². The molecule has 4 rings (SSSR count). The Kier molecular flexibility index (Phi) is 5.25. The van der Waals surface area contributed by atoms with E-state index < -0.39 is 6.29 Å². The number of aliphatic hydroxyl groups excluding tert-OH is 1. The molecule has 6 heteroatoms. The molecule has 1 unspecified atom stereocenters. The molecule has 0 radical (unpaired) electrons. The van der Waals surface area contributed by atoms with Crippen LogP contribution in [0.3, 0.4) is 0 Å². The number of aryl methyl sites for hydroxylation is 2. The van der Waals surface area contributed by atoms with E-state index in [-0.39, 0.29) is 5.82 Å². The second-order valence-electron chi connectivity index (χ2n) is 7.04. The maximum absolute atomic E-state index is 13.0. The molecule has 5 nitrogen and oxygen atoms in total. The summed E-state index contributed by atoms with van der Waals surface area (Å²) in [5, 5.41) is 20.2. The number of fused-ring (bicyclic) bond motifs is 1. The third kappa shape index (κ3) is 4.18. The van der Waals surface area contributed by atoms with Crippen LogP contribution >= 0.6 is 0 Å². The van der Waals surface area contributed by atoms with Gasteiger partial charge in [-0.05, 0) is 85.1 Å². The summed E-state index contributed by atoms with van der Waals surface area (Å²) in [6, 6.07) is 14.3. The first-order valence-electron chi connectivity index (χ1n) is 9.38. The van der Waals surface area contributed by atoms with E-state index in [1.165, 1.54) is 24.3 Å². The van der Waals surface area contributed by atoms with E-state index in [1.54, 1.807) is 24.3 Å². The van der Waals surface area contributed by atoms with Gasteiger partial charge in [0, 0.05) is 11.6 Å². The Morgan fingerprint density at radius 2 is 1.70 bits per heavy atom. The van der Waals surface area contributed by atoms with Crippen molar-refractivity contribution >= 4 is 23.3 Å². The Labute approximate surface area is 172 Å². The second-order valence-corrected chi connectivity index (χ2v) is 7.04. The predicted molar refractivity (Wildman–Crippen MR) is 113 cm³/mol. The molecule has 0 aliphatic rings. The number of aromatic nitrogens is 1. The minimum absolute atomic E-state index is 0.294. The minimum atomic E-state index is -1.23. The van der Waals surface area contributed by atoms with Gasteiger partial charge in [-0.1, -0.05) is 6.07 Å². The minimum Gasteiger partial charge on any atom is -0.507 e. The molecule has 4 aromatic rings. The number of aliphatic hydroxyl groups is 1. The van der Waals surface area contributed by atoms with E-state index >= 15 is 0 Å². The molecule has 30 heavy (non-hydrogen) atoms. The molecule has 1 aromatic heterocycles. The Morgan fingerprint density at radius 1 is 1.00 bits per heavy atom. The summed E-state index contributed by atoms with van der Waals surface area (Å²) in [5.74, 6) is 0.685. The lowest BCUT2D eigenvalue weighted by Gasteiger charge is -2.13. The number of halogens is 1. The van der Waals surface area contributed by atoms with Gasteiger partial charge in [-0.25, -0.2) is 9.37 Å². The van der Waals surface area contributed by atoms with Crippen molar-refractivity contribution in [3.05, 3.63) is 88.6 Å². The standard InChI is InChI=1S/C24H20FNO4/c1-14-11-16(12-15(2)23(14)27)3-10-22-26-20-9-4-17(13-21(20)30-22)24(28)29-19-7-5-18(25)6-8-19/h3-13,24,27-28H,1-2H3/b10-3+. The molecular weight excluding hydrogens is 385 g/mol. The van der Waals surface area contributed by atoms with Gasteiger partial charge in [-0.15, -0.1) is 0 Å². The van der Waals surface area contributed by atoms with Gasteiger partial charge in [-0.2, -0.15) is 0 Å². The second kappa shape index (κ2) is 8.00. The number of hydrogen-bond donors (Lipinski definition) is 2. The summed E-state index contributed by atoms with van der Waals surface area (Å²) in [6.07, 6.45) is 2.38. The van der Waals surface area contributed by atoms with Gasteiger partial charge in [-0.3, -0.25) is 0 Å². The first-order chi connectivity index (χ1) is 14.4. The Balaban J connectivity index is 1.54. The summed E-state index contributed by atoms with van der Waals surface area (Å²) in [7, 11) is 0. The highest BCUT2D eigenvalue weighted by Crippen LogP contribution is 2.26. The molecule has 3 aromatic carbocycles. The summed E-state index contributed by atoms with van der Waals surface area (Å²) < 4.78 is 24.2. The molecule has 0 saturated carbocycles. The Hall–Kier alpha value is -3.64. The fraction of sp³-hybridized carbons (Fsp3) is 0.125. The van der Waals surface area contributed by atoms with Crippen LogP contribution < -0.4 is 4.74 Å². The van der Waals surface area contributed by atoms with Crippen LogP contribution in [0.15, 0.2) is 59.0 Å². The van der Waals surface area contributed by atoms with Gasteiger partial charge in [0.15, 0.2) is 5.58 Å². The summed E-state index contributed by atoms with van der Waals surface area (Å²) in [5.41, 5.74) is 4.16. The molecule has 0 aliphatic heterocycles. The Bertz CT molecular complexity index is 1200. The lowest BCUT2D eigenvalue weighted by Crippen LogP contribution is -2.06. The van der Waals surface area contributed by atoms with Crippen LogP contribution in [0.5, 0.6) is 11.5 Å². The molecule has 0 aliphatic carbocycles. The maximum atomic E-state index is 13.0. The summed E-state index contributed by atoms with van der Waals surface area (Å²) in [4.78, 5) is 4.42. The number of rotatable bonds is 5. The number of hydrogen-bond acceptors (Lipinski definition) is 5. The zero-order valence-electron chi connectivity index (χ0n) is 16.5. The van der Waals surface area contributed by atoms with E-state index in [1.807, 2.05) is 32.1 Å². The average Bonchev–Trinajstić information content (AvgIpc) is 3.14. The third-order valence-corrected chi connectivity index (χ3v) is 4.71. The number of ether oxygens (including phenoxy) is 1. The highest BCUT2D eigenvalue weighted by atomic mass is 19.1. The van der Waals surface area contributed by atoms with Crippen molar-refractivity contribution in [1.29, 1.82) is 0 Å². The van der Waals surface area contributed by atoms with E-state index in [9.17, 15) is 14.6 Å². The predicted octanol–water partition coefficient (Wildman–Crippen LogP) is 5.53. The third-order valence-electron chi connectivity index (χ3n) is 4.71. The van der Waals surface area contributed by atoms with Gasteiger partial charge in [0.1, 0.15) is 22.8 Å². The zero-order valence-corrected chi connectivity index (χ0v) is 16.5. The number of benzene rings is 3. The highest BCUT2D eigenvalue weighted by Gasteiger charge is 2.13. The quantitative estimate of drug-likeness (QED) is 0.427. The molecule has 0 saturated heterocycles. The molecular formula is C24H20FNO4. The molecule has 1 atom stereocenters. The normalized spacial score (nSPS) is 12.5. The monoisotopic (exact) mass is 405 g/mol. The smallest absolute Gasteiger partial charge is 0.224 e. The fourth-order valence-corrected chi connectivity index (χ4v) is 3.15. The highest BCUT2D eigenvalue weighted by molar-refractivity contribution is 5.77.